The molecule has 0 saturated heterocycles. The Bertz CT molecular complexity index is 1370. The molecule has 1 fully saturated rings. The van der Waals surface area contributed by atoms with Crippen molar-refractivity contribution in [3.05, 3.63) is 59.7 Å². The molecule has 0 bridgehead atoms. The van der Waals surface area contributed by atoms with Crippen molar-refractivity contribution in [3.63, 3.8) is 0 Å². The molecular formula is C25H28N8O4. The molecule has 0 amide bonds. The SMILES string of the molecule is Cc1nc(-c2nnn(C)c2Cn2nnnc2COc2ccccc2)ccc1O[C@H]1CCC[C@H](C(=O)O)C1. The van der Waals surface area contributed by atoms with Crippen LogP contribution < -0.4 is 9.47 Å². The summed E-state index contributed by atoms with van der Waals surface area (Å²) in [5, 5.41) is 29.9. The van der Waals surface area contributed by atoms with Gasteiger partial charge in [0.05, 0.1) is 35.6 Å². The molecule has 12 nitrogen and oxygen atoms in total. The fraction of sp³-hybridized carbons (Fsp3) is 0.400. The number of aromatic nitrogens is 8. The number of carbonyl (C=O) groups is 1. The van der Waals surface area contributed by atoms with Crippen molar-refractivity contribution >= 4 is 5.97 Å². The molecule has 1 aliphatic carbocycles. The van der Waals surface area contributed by atoms with Gasteiger partial charge >= 0.3 is 5.97 Å². The van der Waals surface area contributed by atoms with Gasteiger partial charge in [-0.15, -0.1) is 10.2 Å². The van der Waals surface area contributed by atoms with Crippen LogP contribution in [0.5, 0.6) is 11.5 Å². The maximum atomic E-state index is 11.4. The summed E-state index contributed by atoms with van der Waals surface area (Å²) in [6.45, 7) is 2.41. The number of carboxylic acids is 1. The molecule has 3 aromatic heterocycles. The van der Waals surface area contributed by atoms with Gasteiger partial charge in [-0.25, -0.2) is 14.3 Å². The first kappa shape index (κ1) is 24.3. The van der Waals surface area contributed by atoms with E-state index in [-0.39, 0.29) is 18.6 Å². The highest BCUT2D eigenvalue weighted by atomic mass is 16.5. The summed E-state index contributed by atoms with van der Waals surface area (Å²) in [7, 11) is 1.81. The van der Waals surface area contributed by atoms with Crippen LogP contribution in [0.2, 0.25) is 0 Å². The monoisotopic (exact) mass is 504 g/mol. The standard InChI is InChI=1S/C25H28N8O4/c1-16-22(37-19-10-6-7-17(13-19)25(34)35)12-11-20(26-16)24-21(32(2)30-28-24)14-33-23(27-29-31-33)15-36-18-8-4-3-5-9-18/h3-5,8-9,11-12,17,19H,6-7,10,13-15H2,1-2H3,(H,34,35)/t17-,19-/m0/s1. The zero-order valence-electron chi connectivity index (χ0n) is 20.7. The van der Waals surface area contributed by atoms with Gasteiger partial charge in [0, 0.05) is 7.05 Å². The topological polar surface area (TPSA) is 143 Å². The molecule has 0 radical (unpaired) electrons. The van der Waals surface area contributed by atoms with Gasteiger partial charge in [-0.05, 0) is 67.3 Å². The quantitative estimate of drug-likeness (QED) is 0.361. The smallest absolute Gasteiger partial charge is 0.306 e. The van der Waals surface area contributed by atoms with Gasteiger partial charge in [0.2, 0.25) is 0 Å². The number of rotatable bonds is 9. The van der Waals surface area contributed by atoms with Gasteiger partial charge in [0.1, 0.15) is 23.8 Å². The fourth-order valence-electron chi connectivity index (χ4n) is 4.47. The summed E-state index contributed by atoms with van der Waals surface area (Å²) in [4.78, 5) is 16.1. The van der Waals surface area contributed by atoms with E-state index in [1.165, 1.54) is 0 Å². The number of nitrogens with zero attached hydrogens (tertiary/aromatic N) is 8. The molecule has 0 spiro atoms. The number of aliphatic carboxylic acids is 1. The van der Waals surface area contributed by atoms with E-state index in [4.69, 9.17) is 14.5 Å². The lowest BCUT2D eigenvalue weighted by Gasteiger charge is -2.27. The summed E-state index contributed by atoms with van der Waals surface area (Å²) >= 11 is 0. The number of benzene rings is 1. The first-order valence-electron chi connectivity index (χ1n) is 12.2. The third kappa shape index (κ3) is 5.57. The zero-order valence-corrected chi connectivity index (χ0v) is 20.7. The minimum Gasteiger partial charge on any atom is -0.489 e. The van der Waals surface area contributed by atoms with Crippen LogP contribution in [0, 0.1) is 12.8 Å². The summed E-state index contributed by atoms with van der Waals surface area (Å²) in [5.41, 5.74) is 2.75. The van der Waals surface area contributed by atoms with Crippen molar-refractivity contribution in [1.82, 2.24) is 40.2 Å². The highest BCUT2D eigenvalue weighted by Crippen LogP contribution is 2.30. The van der Waals surface area contributed by atoms with E-state index < -0.39 is 5.97 Å². The number of para-hydroxylation sites is 1. The Kier molecular flexibility index (Phi) is 7.06. The molecular weight excluding hydrogens is 476 g/mol. The van der Waals surface area contributed by atoms with Gasteiger partial charge in [-0.3, -0.25) is 4.79 Å². The van der Waals surface area contributed by atoms with E-state index in [1.807, 2.05) is 56.4 Å². The number of carboxylic acid groups (broad SMARTS) is 1. The third-order valence-corrected chi connectivity index (χ3v) is 6.51. The summed E-state index contributed by atoms with van der Waals surface area (Å²) in [5.74, 6) is 0.824. The number of tetrazole rings is 1. The van der Waals surface area contributed by atoms with Crippen molar-refractivity contribution in [2.45, 2.75) is 51.9 Å². The van der Waals surface area contributed by atoms with Crippen molar-refractivity contribution < 1.29 is 19.4 Å². The predicted octanol–water partition coefficient (Wildman–Crippen LogP) is 2.82. The molecule has 12 heteroatoms. The largest absolute Gasteiger partial charge is 0.489 e. The predicted molar refractivity (Wildman–Crippen MR) is 131 cm³/mol. The summed E-state index contributed by atoms with van der Waals surface area (Å²) in [6.07, 6.45) is 2.74. The first-order valence-corrected chi connectivity index (χ1v) is 12.2. The van der Waals surface area contributed by atoms with Crippen LogP contribution in [-0.4, -0.2) is 57.4 Å². The molecule has 0 unspecified atom stereocenters. The molecule has 1 N–H and O–H groups in total. The van der Waals surface area contributed by atoms with E-state index in [1.54, 1.807) is 9.36 Å². The summed E-state index contributed by atoms with van der Waals surface area (Å²) in [6, 6.07) is 13.2. The van der Waals surface area contributed by atoms with Crippen molar-refractivity contribution in [1.29, 1.82) is 0 Å². The summed E-state index contributed by atoms with van der Waals surface area (Å²) < 4.78 is 15.3. The van der Waals surface area contributed by atoms with Crippen molar-refractivity contribution in [2.75, 3.05) is 0 Å². The Morgan fingerprint density at radius 3 is 2.73 bits per heavy atom. The normalized spacial score (nSPS) is 17.5. The highest BCUT2D eigenvalue weighted by Gasteiger charge is 2.28. The van der Waals surface area contributed by atoms with Gasteiger partial charge in [-0.2, -0.15) is 0 Å². The average molecular weight is 505 g/mol. The number of aryl methyl sites for hydroxylation is 2. The maximum Gasteiger partial charge on any atom is 0.306 e. The van der Waals surface area contributed by atoms with Crippen molar-refractivity contribution in [3.8, 4) is 22.9 Å². The molecule has 1 saturated carbocycles. The second-order valence-corrected chi connectivity index (χ2v) is 9.08. The number of hydrogen-bond acceptors (Lipinski definition) is 9. The molecule has 1 aromatic carbocycles. The highest BCUT2D eigenvalue weighted by molar-refractivity contribution is 5.70. The number of hydrogen-bond donors (Lipinski definition) is 1. The second-order valence-electron chi connectivity index (χ2n) is 9.08. The molecule has 5 rings (SSSR count). The van der Waals surface area contributed by atoms with E-state index in [9.17, 15) is 9.90 Å². The Balaban J connectivity index is 1.31. The molecule has 37 heavy (non-hydrogen) atoms. The van der Waals surface area contributed by atoms with Crippen LogP contribution in [0.1, 0.15) is 42.9 Å². The van der Waals surface area contributed by atoms with E-state index in [0.29, 0.717) is 48.0 Å². The maximum absolute atomic E-state index is 11.4. The zero-order chi connectivity index (χ0) is 25.8. The average Bonchev–Trinajstić information content (AvgIpc) is 3.51. The van der Waals surface area contributed by atoms with Gasteiger partial charge in [0.25, 0.3) is 0 Å². The third-order valence-electron chi connectivity index (χ3n) is 6.51. The minimum atomic E-state index is -0.758. The van der Waals surface area contributed by atoms with E-state index in [2.05, 4.69) is 25.8 Å². The van der Waals surface area contributed by atoms with Gasteiger partial charge in [0.15, 0.2) is 5.82 Å². The lowest BCUT2D eigenvalue weighted by molar-refractivity contribution is -0.143. The Labute approximate surface area is 213 Å². The van der Waals surface area contributed by atoms with Crippen molar-refractivity contribution in [2.24, 2.45) is 13.0 Å². The molecule has 4 aromatic rings. The number of ether oxygens (including phenoxy) is 2. The molecule has 0 aliphatic heterocycles. The van der Waals surface area contributed by atoms with Crippen LogP contribution in [0.25, 0.3) is 11.4 Å². The van der Waals surface area contributed by atoms with Gasteiger partial charge in [-0.1, -0.05) is 23.4 Å². The Morgan fingerprint density at radius 1 is 1.11 bits per heavy atom. The molecule has 2 atom stereocenters. The lowest BCUT2D eigenvalue weighted by atomic mass is 9.87. The lowest BCUT2D eigenvalue weighted by Crippen LogP contribution is -2.29. The van der Waals surface area contributed by atoms with E-state index in [0.717, 1.165) is 24.3 Å². The minimum absolute atomic E-state index is 0.135. The van der Waals surface area contributed by atoms with E-state index >= 15 is 0 Å². The molecule has 3 heterocycles. The molecule has 1 aliphatic rings. The van der Waals surface area contributed by atoms with Gasteiger partial charge < -0.3 is 14.6 Å². The first-order chi connectivity index (χ1) is 18.0. The fourth-order valence-corrected chi connectivity index (χ4v) is 4.47. The van der Waals surface area contributed by atoms with Crippen LogP contribution >= 0.6 is 0 Å². The Morgan fingerprint density at radius 2 is 1.95 bits per heavy atom. The van der Waals surface area contributed by atoms with Crippen LogP contribution in [0.4, 0.5) is 0 Å². The molecule has 192 valence electrons. The van der Waals surface area contributed by atoms with Crippen LogP contribution in [0.3, 0.4) is 0 Å². The Hall–Kier alpha value is -4.35. The van der Waals surface area contributed by atoms with Crippen LogP contribution in [-0.2, 0) is 25.0 Å². The second kappa shape index (κ2) is 10.7. The van der Waals surface area contributed by atoms with Crippen LogP contribution in [0.15, 0.2) is 42.5 Å². The number of pyridine rings is 1.